The third-order valence-electron chi connectivity index (χ3n) is 5.58. The van der Waals surface area contributed by atoms with Crippen molar-refractivity contribution in [3.8, 4) is 5.75 Å². The normalized spacial score (nSPS) is 14.0. The lowest BCUT2D eigenvalue weighted by Gasteiger charge is -2.30. The number of aryl methyl sites for hydroxylation is 1. The van der Waals surface area contributed by atoms with Gasteiger partial charge in [0.15, 0.2) is 0 Å². The number of carbonyl (C=O) groups excluding carboxylic acids is 1. The SMILES string of the molecule is COc1cc(C)c([C@H](C)NC(=O)[C@@H](C)N(c2cccc(C(F)(F)F)c2)S(C)(=O)=O)cc1C(C)C. The summed E-state index contributed by atoms with van der Waals surface area (Å²) in [6.07, 6.45) is -3.80. The van der Waals surface area contributed by atoms with Gasteiger partial charge in [-0.25, -0.2) is 8.42 Å². The highest BCUT2D eigenvalue weighted by Crippen LogP contribution is 2.34. The maximum absolute atomic E-state index is 13.2. The average molecular weight is 501 g/mol. The molecule has 34 heavy (non-hydrogen) atoms. The molecule has 0 aliphatic carbocycles. The van der Waals surface area contributed by atoms with Gasteiger partial charge >= 0.3 is 6.18 Å². The maximum atomic E-state index is 13.2. The number of rotatable bonds is 8. The van der Waals surface area contributed by atoms with Gasteiger partial charge < -0.3 is 10.1 Å². The lowest BCUT2D eigenvalue weighted by molar-refractivity contribution is -0.137. The third-order valence-corrected chi connectivity index (χ3v) is 6.82. The van der Waals surface area contributed by atoms with Crippen molar-refractivity contribution in [2.75, 3.05) is 17.7 Å². The minimum absolute atomic E-state index is 0.165. The first-order valence-electron chi connectivity index (χ1n) is 10.7. The largest absolute Gasteiger partial charge is 0.496 e. The van der Waals surface area contributed by atoms with Crippen molar-refractivity contribution in [1.82, 2.24) is 5.32 Å². The molecule has 0 unspecified atom stereocenters. The number of alkyl halides is 3. The van der Waals surface area contributed by atoms with Gasteiger partial charge in [-0.2, -0.15) is 13.2 Å². The molecule has 1 N–H and O–H groups in total. The molecule has 1 amide bonds. The molecule has 0 aliphatic heterocycles. The molecule has 2 rings (SSSR count). The quantitative estimate of drug-likeness (QED) is 0.542. The van der Waals surface area contributed by atoms with E-state index in [0.29, 0.717) is 4.31 Å². The summed E-state index contributed by atoms with van der Waals surface area (Å²) in [6.45, 7) is 9.00. The van der Waals surface area contributed by atoms with Gasteiger partial charge in [-0.15, -0.1) is 0 Å². The van der Waals surface area contributed by atoms with Crippen LogP contribution in [0.2, 0.25) is 0 Å². The van der Waals surface area contributed by atoms with Crippen LogP contribution in [0.3, 0.4) is 0 Å². The number of nitrogens with one attached hydrogen (secondary N) is 1. The summed E-state index contributed by atoms with van der Waals surface area (Å²) in [6, 6.07) is 5.94. The van der Waals surface area contributed by atoms with Crippen LogP contribution < -0.4 is 14.4 Å². The van der Waals surface area contributed by atoms with E-state index in [1.165, 1.54) is 13.0 Å². The number of nitrogens with zero attached hydrogens (tertiary/aromatic N) is 1. The Hall–Kier alpha value is -2.75. The summed E-state index contributed by atoms with van der Waals surface area (Å²) in [5, 5.41) is 2.80. The van der Waals surface area contributed by atoms with Crippen molar-refractivity contribution in [2.45, 2.75) is 58.8 Å². The highest BCUT2D eigenvalue weighted by atomic mass is 32.2. The predicted molar refractivity (Wildman–Crippen MR) is 127 cm³/mol. The third kappa shape index (κ3) is 6.22. The van der Waals surface area contributed by atoms with Crippen LogP contribution in [-0.4, -0.2) is 33.7 Å². The Morgan fingerprint density at radius 2 is 1.68 bits per heavy atom. The van der Waals surface area contributed by atoms with Crippen molar-refractivity contribution in [3.63, 3.8) is 0 Å². The van der Waals surface area contributed by atoms with Crippen LogP contribution in [0.25, 0.3) is 0 Å². The molecule has 2 atom stereocenters. The number of halogens is 3. The first kappa shape index (κ1) is 27.5. The summed E-state index contributed by atoms with van der Waals surface area (Å²) < 4.78 is 70.6. The smallest absolute Gasteiger partial charge is 0.416 e. The summed E-state index contributed by atoms with van der Waals surface area (Å²) in [5.74, 6) is 0.255. The molecule has 0 fully saturated rings. The molecule has 0 saturated carbocycles. The zero-order chi connectivity index (χ0) is 26.0. The molecule has 0 saturated heterocycles. The van der Waals surface area contributed by atoms with Gasteiger partial charge in [-0.3, -0.25) is 9.10 Å². The van der Waals surface area contributed by atoms with E-state index in [1.54, 1.807) is 14.0 Å². The molecule has 10 heteroatoms. The maximum Gasteiger partial charge on any atom is 0.416 e. The zero-order valence-electron chi connectivity index (χ0n) is 20.3. The average Bonchev–Trinajstić information content (AvgIpc) is 2.71. The molecule has 0 aromatic heterocycles. The van der Waals surface area contributed by atoms with Crippen LogP contribution in [0.15, 0.2) is 36.4 Å². The van der Waals surface area contributed by atoms with E-state index in [1.807, 2.05) is 32.9 Å². The van der Waals surface area contributed by atoms with E-state index >= 15 is 0 Å². The van der Waals surface area contributed by atoms with Gasteiger partial charge in [0.25, 0.3) is 0 Å². The van der Waals surface area contributed by atoms with E-state index in [9.17, 15) is 26.4 Å². The number of benzene rings is 2. The van der Waals surface area contributed by atoms with Gasteiger partial charge in [-0.05, 0) is 73.7 Å². The standard InChI is InChI=1S/C24H31F3N2O4S/c1-14(2)20-13-21(15(3)11-22(20)33-6)16(4)28-23(30)17(5)29(34(7,31)32)19-10-8-9-18(12-19)24(25,26)27/h8-14,16-17H,1-7H3,(H,28,30)/t16-,17+/m0/s1. The molecule has 2 aromatic rings. The molecule has 6 nitrogen and oxygen atoms in total. The number of hydrogen-bond acceptors (Lipinski definition) is 4. The number of amides is 1. The second kappa shape index (κ2) is 10.2. The van der Waals surface area contributed by atoms with Crippen LogP contribution in [0.1, 0.15) is 61.9 Å². The summed E-state index contributed by atoms with van der Waals surface area (Å²) >= 11 is 0. The van der Waals surface area contributed by atoms with Gasteiger partial charge in [0.1, 0.15) is 11.8 Å². The van der Waals surface area contributed by atoms with E-state index < -0.39 is 39.8 Å². The lowest BCUT2D eigenvalue weighted by Crippen LogP contribution is -2.48. The molecular formula is C24H31F3N2O4S. The Morgan fingerprint density at radius 1 is 1.06 bits per heavy atom. The Labute approximate surface area is 199 Å². The summed E-state index contributed by atoms with van der Waals surface area (Å²) in [7, 11) is -2.49. The van der Waals surface area contributed by atoms with Crippen molar-refractivity contribution < 1.29 is 31.1 Å². The lowest BCUT2D eigenvalue weighted by atomic mass is 9.93. The highest BCUT2D eigenvalue weighted by Gasteiger charge is 2.34. The van der Waals surface area contributed by atoms with Crippen molar-refractivity contribution in [2.24, 2.45) is 0 Å². The van der Waals surface area contributed by atoms with Gasteiger partial charge in [0.05, 0.1) is 30.7 Å². The first-order valence-corrected chi connectivity index (χ1v) is 12.6. The molecule has 0 spiro atoms. The van der Waals surface area contributed by atoms with Crippen LogP contribution in [0.5, 0.6) is 5.75 Å². The Balaban J connectivity index is 2.38. The van der Waals surface area contributed by atoms with Gasteiger partial charge in [-0.1, -0.05) is 19.9 Å². The fourth-order valence-corrected chi connectivity index (χ4v) is 5.02. The molecule has 0 aliphatic rings. The molecule has 2 aromatic carbocycles. The molecule has 0 heterocycles. The number of carbonyl (C=O) groups is 1. The number of anilines is 1. The predicted octanol–water partition coefficient (Wildman–Crippen LogP) is 5.18. The van der Waals surface area contributed by atoms with Crippen molar-refractivity contribution in [1.29, 1.82) is 0 Å². The van der Waals surface area contributed by atoms with Gasteiger partial charge in [0, 0.05) is 0 Å². The van der Waals surface area contributed by atoms with Crippen LogP contribution in [-0.2, 0) is 21.0 Å². The molecule has 188 valence electrons. The number of hydrogen-bond donors (Lipinski definition) is 1. The number of ether oxygens (including phenoxy) is 1. The fraction of sp³-hybridized carbons (Fsp3) is 0.458. The van der Waals surface area contributed by atoms with Crippen LogP contribution in [0, 0.1) is 6.92 Å². The molecular weight excluding hydrogens is 469 g/mol. The Bertz CT molecular complexity index is 1150. The number of methoxy groups -OCH3 is 1. The topological polar surface area (TPSA) is 75.7 Å². The van der Waals surface area contributed by atoms with E-state index in [0.717, 1.165) is 46.9 Å². The fourth-order valence-electron chi connectivity index (χ4n) is 3.85. The summed E-state index contributed by atoms with van der Waals surface area (Å²) in [4.78, 5) is 13.1. The molecule has 0 radical (unpaired) electrons. The van der Waals surface area contributed by atoms with E-state index in [2.05, 4.69) is 5.32 Å². The minimum atomic E-state index is -4.65. The van der Waals surface area contributed by atoms with Crippen LogP contribution >= 0.6 is 0 Å². The van der Waals surface area contributed by atoms with Crippen LogP contribution in [0.4, 0.5) is 18.9 Å². The molecule has 0 bridgehead atoms. The zero-order valence-corrected chi connectivity index (χ0v) is 21.1. The van der Waals surface area contributed by atoms with Crippen molar-refractivity contribution in [3.05, 3.63) is 58.7 Å². The Morgan fingerprint density at radius 3 is 2.18 bits per heavy atom. The van der Waals surface area contributed by atoms with Crippen molar-refractivity contribution >= 4 is 21.6 Å². The number of sulfonamides is 1. The second-order valence-electron chi connectivity index (χ2n) is 8.62. The minimum Gasteiger partial charge on any atom is -0.496 e. The summed E-state index contributed by atoms with van der Waals surface area (Å²) in [5.41, 5.74) is 1.42. The van der Waals surface area contributed by atoms with Gasteiger partial charge in [0.2, 0.25) is 15.9 Å². The second-order valence-corrected chi connectivity index (χ2v) is 10.5. The first-order chi connectivity index (χ1) is 15.6. The Kier molecular flexibility index (Phi) is 8.29. The van der Waals surface area contributed by atoms with E-state index in [4.69, 9.17) is 4.74 Å². The van der Waals surface area contributed by atoms with E-state index in [-0.39, 0.29) is 11.6 Å². The highest BCUT2D eigenvalue weighted by molar-refractivity contribution is 7.92. The monoisotopic (exact) mass is 500 g/mol.